The third-order valence-corrected chi connectivity index (χ3v) is 4.13. The normalized spacial score (nSPS) is 11.6. The van der Waals surface area contributed by atoms with Crippen molar-refractivity contribution in [3.8, 4) is 22.9 Å². The molecule has 1 heterocycles. The molecule has 1 atom stereocenters. The Kier molecular flexibility index (Phi) is 6.00. The van der Waals surface area contributed by atoms with Gasteiger partial charge in [0.05, 0.1) is 19.9 Å². The van der Waals surface area contributed by atoms with E-state index in [1.807, 2.05) is 6.07 Å². The summed E-state index contributed by atoms with van der Waals surface area (Å²) in [7, 11) is 3.06. The highest BCUT2D eigenvalue weighted by Crippen LogP contribution is 2.29. The van der Waals surface area contributed by atoms with Gasteiger partial charge in [0.1, 0.15) is 17.5 Å². The van der Waals surface area contributed by atoms with Gasteiger partial charge in [-0.25, -0.2) is 4.79 Å². The number of nitrogens with one attached hydrogen (secondary N) is 2. The zero-order valence-corrected chi connectivity index (χ0v) is 16.3. The number of hydrogen-bond donors (Lipinski definition) is 2. The van der Waals surface area contributed by atoms with Crippen LogP contribution in [-0.4, -0.2) is 30.4 Å². The Morgan fingerprint density at radius 3 is 2.71 bits per heavy atom. The summed E-state index contributed by atoms with van der Waals surface area (Å²) in [4.78, 5) is 16.6. The molecule has 9 heteroatoms. The number of anilines is 1. The molecule has 0 saturated heterocycles. The number of hydrogen-bond acceptors (Lipinski definition) is 6. The number of methoxy groups -OCH3 is 2. The highest BCUT2D eigenvalue weighted by Gasteiger charge is 2.18. The SMILES string of the molecule is COc1ccc(NC(=O)NC(C)c2nc(-c3cccc(Cl)c3)no2)c(OC)c1. The molecule has 0 fully saturated rings. The lowest BCUT2D eigenvalue weighted by molar-refractivity contribution is 0.245. The van der Waals surface area contributed by atoms with Gasteiger partial charge in [0.2, 0.25) is 11.7 Å². The lowest BCUT2D eigenvalue weighted by Gasteiger charge is -2.14. The van der Waals surface area contributed by atoms with E-state index >= 15 is 0 Å². The van der Waals surface area contributed by atoms with Crippen LogP contribution in [0.5, 0.6) is 11.5 Å². The summed E-state index contributed by atoms with van der Waals surface area (Å²) >= 11 is 5.98. The molecule has 0 radical (unpaired) electrons. The van der Waals surface area contributed by atoms with E-state index in [0.29, 0.717) is 28.0 Å². The monoisotopic (exact) mass is 402 g/mol. The quantitative estimate of drug-likeness (QED) is 0.638. The second kappa shape index (κ2) is 8.62. The summed E-state index contributed by atoms with van der Waals surface area (Å²) in [6, 6.07) is 11.2. The van der Waals surface area contributed by atoms with Crippen molar-refractivity contribution in [3.63, 3.8) is 0 Å². The van der Waals surface area contributed by atoms with Crippen molar-refractivity contribution in [3.05, 3.63) is 53.4 Å². The van der Waals surface area contributed by atoms with E-state index in [2.05, 4.69) is 20.8 Å². The molecule has 0 aliphatic rings. The van der Waals surface area contributed by atoms with Gasteiger partial charge in [-0.1, -0.05) is 28.9 Å². The third kappa shape index (κ3) is 4.52. The number of amides is 2. The Bertz CT molecular complexity index is 976. The van der Waals surface area contributed by atoms with E-state index < -0.39 is 12.1 Å². The summed E-state index contributed by atoms with van der Waals surface area (Å²) in [5.41, 5.74) is 1.22. The molecule has 2 aromatic carbocycles. The minimum absolute atomic E-state index is 0.270. The lowest BCUT2D eigenvalue weighted by atomic mass is 10.2. The Balaban J connectivity index is 1.66. The van der Waals surface area contributed by atoms with Gasteiger partial charge in [-0.05, 0) is 31.2 Å². The molecular weight excluding hydrogens is 384 g/mol. The van der Waals surface area contributed by atoms with Crippen molar-refractivity contribution < 1.29 is 18.8 Å². The first-order valence-electron chi connectivity index (χ1n) is 8.39. The summed E-state index contributed by atoms with van der Waals surface area (Å²) in [6.45, 7) is 1.74. The first-order chi connectivity index (χ1) is 13.5. The van der Waals surface area contributed by atoms with E-state index in [4.69, 9.17) is 25.6 Å². The minimum Gasteiger partial charge on any atom is -0.497 e. The molecule has 3 aromatic rings. The zero-order chi connectivity index (χ0) is 20.1. The number of urea groups is 1. The molecule has 2 amide bonds. The average molecular weight is 403 g/mol. The van der Waals surface area contributed by atoms with E-state index in [0.717, 1.165) is 5.56 Å². The van der Waals surface area contributed by atoms with Crippen LogP contribution in [0.2, 0.25) is 5.02 Å². The molecule has 0 spiro atoms. The smallest absolute Gasteiger partial charge is 0.319 e. The van der Waals surface area contributed by atoms with Gasteiger partial charge < -0.3 is 24.6 Å². The fourth-order valence-corrected chi connectivity index (χ4v) is 2.66. The number of carbonyl (C=O) groups is 1. The van der Waals surface area contributed by atoms with Crippen LogP contribution in [0.25, 0.3) is 11.4 Å². The van der Waals surface area contributed by atoms with Gasteiger partial charge in [-0.2, -0.15) is 4.98 Å². The highest BCUT2D eigenvalue weighted by atomic mass is 35.5. The van der Waals surface area contributed by atoms with E-state index in [1.165, 1.54) is 7.11 Å². The van der Waals surface area contributed by atoms with Gasteiger partial charge in [-0.15, -0.1) is 0 Å². The van der Waals surface area contributed by atoms with Gasteiger partial charge in [0.25, 0.3) is 0 Å². The van der Waals surface area contributed by atoms with E-state index in [9.17, 15) is 4.79 Å². The Morgan fingerprint density at radius 2 is 2.00 bits per heavy atom. The maximum Gasteiger partial charge on any atom is 0.319 e. The molecular formula is C19H19ClN4O4. The molecule has 146 valence electrons. The van der Waals surface area contributed by atoms with E-state index in [-0.39, 0.29) is 5.89 Å². The predicted octanol–water partition coefficient (Wildman–Crippen LogP) is 4.29. The van der Waals surface area contributed by atoms with Crippen LogP contribution < -0.4 is 20.1 Å². The predicted molar refractivity (Wildman–Crippen MR) is 105 cm³/mol. The van der Waals surface area contributed by atoms with E-state index in [1.54, 1.807) is 50.4 Å². The number of nitrogens with zero attached hydrogens (tertiary/aromatic N) is 2. The van der Waals surface area contributed by atoms with Gasteiger partial charge in [-0.3, -0.25) is 0 Å². The number of halogens is 1. The number of benzene rings is 2. The largest absolute Gasteiger partial charge is 0.497 e. The summed E-state index contributed by atoms with van der Waals surface area (Å²) < 4.78 is 15.7. The van der Waals surface area contributed by atoms with Gasteiger partial charge in [0.15, 0.2) is 0 Å². The highest BCUT2D eigenvalue weighted by molar-refractivity contribution is 6.30. The van der Waals surface area contributed by atoms with Crippen molar-refractivity contribution in [1.82, 2.24) is 15.5 Å². The topological polar surface area (TPSA) is 98.5 Å². The van der Waals surface area contributed by atoms with Crippen LogP contribution in [0.3, 0.4) is 0 Å². The second-order valence-electron chi connectivity index (χ2n) is 5.85. The maximum atomic E-state index is 12.3. The molecule has 0 aliphatic carbocycles. The van der Waals surface area contributed by atoms with Crippen LogP contribution in [0.1, 0.15) is 18.9 Å². The fourth-order valence-electron chi connectivity index (χ4n) is 2.47. The molecule has 0 bridgehead atoms. The fraction of sp³-hybridized carbons (Fsp3) is 0.211. The first kappa shape index (κ1) is 19.5. The summed E-state index contributed by atoms with van der Waals surface area (Å²) in [5.74, 6) is 1.76. The molecule has 8 nitrogen and oxygen atoms in total. The molecule has 0 aliphatic heterocycles. The summed E-state index contributed by atoms with van der Waals surface area (Å²) in [6.07, 6.45) is 0. The number of rotatable bonds is 6. The first-order valence-corrected chi connectivity index (χ1v) is 8.77. The molecule has 3 rings (SSSR count). The lowest BCUT2D eigenvalue weighted by Crippen LogP contribution is -2.31. The van der Waals surface area contributed by atoms with Gasteiger partial charge in [0, 0.05) is 16.7 Å². The number of aromatic nitrogens is 2. The summed E-state index contributed by atoms with van der Waals surface area (Å²) in [5, 5.41) is 9.97. The zero-order valence-electron chi connectivity index (χ0n) is 15.5. The standard InChI is InChI=1S/C19H19ClN4O4/c1-11(18-23-17(24-28-18)12-5-4-6-13(20)9-12)21-19(25)22-15-8-7-14(26-2)10-16(15)27-3/h4-11H,1-3H3,(H2,21,22,25). The number of carbonyl (C=O) groups excluding carboxylic acids is 1. The molecule has 2 N–H and O–H groups in total. The molecule has 0 saturated carbocycles. The number of ether oxygens (including phenoxy) is 2. The van der Waals surface area contributed by atoms with Crippen LogP contribution in [0, 0.1) is 0 Å². The van der Waals surface area contributed by atoms with Crippen molar-refractivity contribution in [2.75, 3.05) is 19.5 Å². The Morgan fingerprint density at radius 1 is 1.18 bits per heavy atom. The van der Waals surface area contributed by atoms with Crippen molar-refractivity contribution in [1.29, 1.82) is 0 Å². The van der Waals surface area contributed by atoms with Crippen LogP contribution in [0.15, 0.2) is 47.0 Å². The van der Waals surface area contributed by atoms with Gasteiger partial charge >= 0.3 is 6.03 Å². The molecule has 28 heavy (non-hydrogen) atoms. The van der Waals surface area contributed by atoms with Crippen molar-refractivity contribution in [2.45, 2.75) is 13.0 Å². The Labute approximate surface area is 166 Å². The minimum atomic E-state index is -0.510. The second-order valence-corrected chi connectivity index (χ2v) is 6.29. The Hall–Kier alpha value is -3.26. The van der Waals surface area contributed by atoms with Crippen LogP contribution >= 0.6 is 11.6 Å². The van der Waals surface area contributed by atoms with Crippen molar-refractivity contribution in [2.24, 2.45) is 0 Å². The molecule has 1 aromatic heterocycles. The van der Waals surface area contributed by atoms with Crippen LogP contribution in [0.4, 0.5) is 10.5 Å². The maximum absolute atomic E-state index is 12.3. The third-order valence-electron chi connectivity index (χ3n) is 3.90. The van der Waals surface area contributed by atoms with Crippen molar-refractivity contribution >= 4 is 23.3 Å². The molecule has 1 unspecified atom stereocenters. The van der Waals surface area contributed by atoms with Crippen LogP contribution in [-0.2, 0) is 0 Å². The average Bonchev–Trinajstić information content (AvgIpc) is 3.18.